The Bertz CT molecular complexity index is 892. The molecule has 0 N–H and O–H groups in total. The molecule has 22 heavy (non-hydrogen) atoms. The van der Waals surface area contributed by atoms with Crippen molar-refractivity contribution in [2.75, 3.05) is 7.11 Å². The predicted molar refractivity (Wildman–Crippen MR) is 82.6 cm³/mol. The van der Waals surface area contributed by atoms with Crippen molar-refractivity contribution in [1.29, 1.82) is 0 Å². The van der Waals surface area contributed by atoms with Crippen molar-refractivity contribution in [1.82, 2.24) is 4.57 Å². The van der Waals surface area contributed by atoms with E-state index in [2.05, 4.69) is 0 Å². The van der Waals surface area contributed by atoms with Crippen LogP contribution in [0.5, 0.6) is 5.75 Å². The second-order valence-electron chi connectivity index (χ2n) is 4.62. The Balaban J connectivity index is 2.17. The van der Waals surface area contributed by atoms with Gasteiger partial charge in [-0.25, -0.2) is 4.79 Å². The molecule has 0 radical (unpaired) electrons. The number of hydrogen-bond acceptors (Lipinski definition) is 4. The average molecular weight is 295 g/mol. The lowest BCUT2D eigenvalue weighted by Crippen LogP contribution is -2.32. The van der Waals surface area contributed by atoms with Crippen molar-refractivity contribution < 1.29 is 9.15 Å². The highest BCUT2D eigenvalue weighted by Gasteiger charge is 2.10. The molecular formula is C17H13NO4. The molecule has 0 fully saturated rings. The van der Waals surface area contributed by atoms with Gasteiger partial charge in [0, 0.05) is 11.3 Å². The molecule has 0 bridgehead atoms. The van der Waals surface area contributed by atoms with Gasteiger partial charge in [-0.2, -0.15) is 0 Å². The summed E-state index contributed by atoms with van der Waals surface area (Å²) in [6.45, 7) is 0. The first-order valence-corrected chi connectivity index (χ1v) is 6.66. The molecule has 0 unspecified atom stereocenters. The summed E-state index contributed by atoms with van der Waals surface area (Å²) in [5.41, 5.74) is -0.347. The molecule has 0 spiro atoms. The van der Waals surface area contributed by atoms with E-state index in [1.165, 1.54) is 10.8 Å². The van der Waals surface area contributed by atoms with Crippen LogP contribution >= 0.6 is 0 Å². The summed E-state index contributed by atoms with van der Waals surface area (Å²) in [7, 11) is 1.56. The maximum absolute atomic E-state index is 12.0. The van der Waals surface area contributed by atoms with Crippen LogP contribution in [0.3, 0.4) is 0 Å². The standard InChI is InChI=1S/C17H13NO4/c1-21-14-9-7-13(8-10-14)18-11-15(22-17(20)16(18)19)12-5-3-2-4-6-12/h2-11H,1H3. The first kappa shape index (κ1) is 13.9. The third kappa shape index (κ3) is 2.56. The van der Waals surface area contributed by atoms with E-state index in [1.807, 2.05) is 18.2 Å². The number of hydrogen-bond donors (Lipinski definition) is 0. The Morgan fingerprint density at radius 1 is 0.955 bits per heavy atom. The summed E-state index contributed by atoms with van der Waals surface area (Å²) >= 11 is 0. The normalized spacial score (nSPS) is 10.4. The lowest BCUT2D eigenvalue weighted by Gasteiger charge is -2.08. The maximum Gasteiger partial charge on any atom is 0.403 e. The summed E-state index contributed by atoms with van der Waals surface area (Å²) in [5.74, 6) is 1.00. The van der Waals surface area contributed by atoms with Gasteiger partial charge in [-0.1, -0.05) is 30.3 Å². The summed E-state index contributed by atoms with van der Waals surface area (Å²) in [4.78, 5) is 23.8. The molecule has 2 aromatic carbocycles. The Morgan fingerprint density at radius 2 is 1.64 bits per heavy atom. The van der Waals surface area contributed by atoms with Crippen LogP contribution in [-0.2, 0) is 0 Å². The zero-order valence-electron chi connectivity index (χ0n) is 11.9. The third-order valence-electron chi connectivity index (χ3n) is 3.25. The van der Waals surface area contributed by atoms with Crippen LogP contribution in [0, 0.1) is 0 Å². The van der Waals surface area contributed by atoms with Gasteiger partial charge >= 0.3 is 11.2 Å². The lowest BCUT2D eigenvalue weighted by atomic mass is 10.2. The first-order chi connectivity index (χ1) is 10.7. The number of aromatic nitrogens is 1. The molecule has 1 aromatic heterocycles. The van der Waals surface area contributed by atoms with Crippen molar-refractivity contribution in [3.8, 4) is 22.8 Å². The molecule has 0 atom stereocenters. The van der Waals surface area contributed by atoms with E-state index in [0.717, 1.165) is 5.56 Å². The Hall–Kier alpha value is -3.08. The minimum absolute atomic E-state index is 0.334. The molecule has 0 aliphatic heterocycles. The molecule has 0 aliphatic carbocycles. The van der Waals surface area contributed by atoms with Gasteiger partial charge < -0.3 is 9.15 Å². The van der Waals surface area contributed by atoms with Gasteiger partial charge in [0.2, 0.25) is 0 Å². The van der Waals surface area contributed by atoms with Crippen LogP contribution in [0.1, 0.15) is 0 Å². The van der Waals surface area contributed by atoms with Gasteiger partial charge in [0.15, 0.2) is 5.76 Å². The van der Waals surface area contributed by atoms with E-state index >= 15 is 0 Å². The summed E-state index contributed by atoms with van der Waals surface area (Å²) in [6.07, 6.45) is 1.51. The monoisotopic (exact) mass is 295 g/mol. The van der Waals surface area contributed by atoms with Crippen LogP contribution in [0.4, 0.5) is 0 Å². The number of ether oxygens (including phenoxy) is 1. The van der Waals surface area contributed by atoms with E-state index < -0.39 is 11.2 Å². The summed E-state index contributed by atoms with van der Waals surface area (Å²) < 4.78 is 11.4. The smallest absolute Gasteiger partial charge is 0.403 e. The predicted octanol–water partition coefficient (Wildman–Crippen LogP) is 2.47. The van der Waals surface area contributed by atoms with Crippen LogP contribution in [0.25, 0.3) is 17.0 Å². The Morgan fingerprint density at radius 3 is 2.27 bits per heavy atom. The van der Waals surface area contributed by atoms with E-state index in [0.29, 0.717) is 17.2 Å². The molecule has 0 amide bonds. The van der Waals surface area contributed by atoms with Gasteiger partial charge in [-0.15, -0.1) is 0 Å². The van der Waals surface area contributed by atoms with Gasteiger partial charge in [-0.05, 0) is 24.3 Å². The molecule has 3 aromatic rings. The van der Waals surface area contributed by atoms with Crippen molar-refractivity contribution in [3.63, 3.8) is 0 Å². The number of rotatable bonds is 3. The molecule has 5 nitrogen and oxygen atoms in total. The molecule has 110 valence electrons. The largest absolute Gasteiger partial charge is 0.497 e. The van der Waals surface area contributed by atoms with Crippen molar-refractivity contribution >= 4 is 0 Å². The fraction of sp³-hybridized carbons (Fsp3) is 0.0588. The van der Waals surface area contributed by atoms with Crippen LogP contribution in [-0.4, -0.2) is 11.7 Å². The minimum atomic E-state index is -0.905. The molecule has 0 saturated carbocycles. The van der Waals surface area contributed by atoms with E-state index in [9.17, 15) is 9.59 Å². The second-order valence-corrected chi connectivity index (χ2v) is 4.62. The van der Waals surface area contributed by atoms with Gasteiger partial charge in [0.1, 0.15) is 5.75 Å². The van der Waals surface area contributed by atoms with Crippen LogP contribution in [0.15, 0.2) is 74.8 Å². The quantitative estimate of drug-likeness (QED) is 0.696. The molecular weight excluding hydrogens is 282 g/mol. The highest BCUT2D eigenvalue weighted by molar-refractivity contribution is 5.56. The highest BCUT2D eigenvalue weighted by Crippen LogP contribution is 2.18. The van der Waals surface area contributed by atoms with E-state index in [4.69, 9.17) is 9.15 Å². The zero-order chi connectivity index (χ0) is 15.5. The van der Waals surface area contributed by atoms with Gasteiger partial charge in [0.25, 0.3) is 0 Å². The Labute approximate surface area is 126 Å². The third-order valence-corrected chi connectivity index (χ3v) is 3.25. The number of benzene rings is 2. The minimum Gasteiger partial charge on any atom is -0.497 e. The molecule has 0 saturated heterocycles. The van der Waals surface area contributed by atoms with E-state index in [1.54, 1.807) is 43.5 Å². The average Bonchev–Trinajstić information content (AvgIpc) is 2.58. The second kappa shape index (κ2) is 5.73. The fourth-order valence-corrected chi connectivity index (χ4v) is 2.11. The molecule has 5 heteroatoms. The van der Waals surface area contributed by atoms with Gasteiger partial charge in [0.05, 0.1) is 13.3 Å². The number of methoxy groups -OCH3 is 1. The molecule has 0 aliphatic rings. The van der Waals surface area contributed by atoms with Crippen molar-refractivity contribution in [2.45, 2.75) is 0 Å². The Kier molecular flexibility index (Phi) is 3.62. The first-order valence-electron chi connectivity index (χ1n) is 6.66. The van der Waals surface area contributed by atoms with Crippen molar-refractivity contribution in [2.24, 2.45) is 0 Å². The summed E-state index contributed by atoms with van der Waals surface area (Å²) in [5, 5.41) is 0. The molecule has 3 rings (SSSR count). The van der Waals surface area contributed by atoms with Crippen LogP contribution < -0.4 is 15.9 Å². The zero-order valence-corrected chi connectivity index (χ0v) is 11.9. The maximum atomic E-state index is 12.0. The highest BCUT2D eigenvalue weighted by atomic mass is 16.5. The van der Waals surface area contributed by atoms with Gasteiger partial charge in [-0.3, -0.25) is 9.36 Å². The lowest BCUT2D eigenvalue weighted by molar-refractivity contribution is 0.414. The summed E-state index contributed by atoms with van der Waals surface area (Å²) in [6, 6.07) is 16.0. The molecule has 1 heterocycles. The topological polar surface area (TPSA) is 61.4 Å². The van der Waals surface area contributed by atoms with Crippen LogP contribution in [0.2, 0.25) is 0 Å². The fourth-order valence-electron chi connectivity index (χ4n) is 2.11. The van der Waals surface area contributed by atoms with Crippen molar-refractivity contribution in [3.05, 3.63) is 81.6 Å². The SMILES string of the molecule is COc1ccc(-n2cc(-c3ccccc3)oc(=O)c2=O)cc1. The number of nitrogens with zero attached hydrogens (tertiary/aromatic N) is 1. The van der Waals surface area contributed by atoms with E-state index in [-0.39, 0.29) is 0 Å².